The van der Waals surface area contributed by atoms with Crippen LogP contribution in [0.1, 0.15) is 46.6 Å². The highest BCUT2D eigenvalue weighted by atomic mass is 16.6. The van der Waals surface area contributed by atoms with Crippen molar-refractivity contribution in [3.05, 3.63) is 53.1 Å². The van der Waals surface area contributed by atoms with E-state index in [0.717, 1.165) is 5.56 Å². The third-order valence-corrected chi connectivity index (χ3v) is 5.38. The van der Waals surface area contributed by atoms with Gasteiger partial charge in [0.25, 0.3) is 5.56 Å². The number of nitrogens with zero attached hydrogens (tertiary/aromatic N) is 3. The summed E-state index contributed by atoms with van der Waals surface area (Å²) < 4.78 is 6.87. The van der Waals surface area contributed by atoms with Crippen molar-refractivity contribution in [1.82, 2.24) is 14.5 Å². The van der Waals surface area contributed by atoms with Crippen LogP contribution in [0.5, 0.6) is 0 Å². The van der Waals surface area contributed by atoms with E-state index in [9.17, 15) is 14.7 Å². The van der Waals surface area contributed by atoms with Crippen LogP contribution in [0.25, 0.3) is 11.3 Å². The lowest BCUT2D eigenvalue weighted by Gasteiger charge is -2.42. The Morgan fingerprint density at radius 1 is 1.21 bits per heavy atom. The second-order valence-electron chi connectivity index (χ2n) is 8.63. The van der Waals surface area contributed by atoms with Gasteiger partial charge < -0.3 is 14.7 Å². The summed E-state index contributed by atoms with van der Waals surface area (Å²) in [7, 11) is 0. The van der Waals surface area contributed by atoms with Gasteiger partial charge in [-0.15, -0.1) is 0 Å². The minimum absolute atomic E-state index is 0.214. The molecule has 7 heteroatoms. The SMILES string of the molecule is CC(n1cnc(-c2ccccc2)cc1=O)C1(O)CCN(C(=O)OC(C)(C)C)CC1. The molecule has 0 bridgehead atoms. The molecule has 1 saturated heterocycles. The maximum atomic E-state index is 12.7. The number of carbonyl (C=O) groups excluding carboxylic acids is 1. The molecule has 2 heterocycles. The van der Waals surface area contributed by atoms with Gasteiger partial charge in [-0.1, -0.05) is 30.3 Å². The molecule has 29 heavy (non-hydrogen) atoms. The normalized spacial score (nSPS) is 17.6. The number of aromatic nitrogens is 2. The number of carbonyl (C=O) groups is 1. The van der Waals surface area contributed by atoms with Gasteiger partial charge >= 0.3 is 6.09 Å². The fourth-order valence-corrected chi connectivity index (χ4v) is 3.55. The first-order valence-corrected chi connectivity index (χ1v) is 9.93. The average Bonchev–Trinajstić information content (AvgIpc) is 2.67. The van der Waals surface area contributed by atoms with Gasteiger partial charge in [0.1, 0.15) is 5.60 Å². The number of amides is 1. The first-order chi connectivity index (χ1) is 13.6. The summed E-state index contributed by atoms with van der Waals surface area (Å²) in [5.74, 6) is 0. The number of rotatable bonds is 3. The zero-order chi connectivity index (χ0) is 21.2. The van der Waals surface area contributed by atoms with Gasteiger partial charge in [0.05, 0.1) is 23.7 Å². The quantitative estimate of drug-likeness (QED) is 0.857. The van der Waals surface area contributed by atoms with Gasteiger partial charge in [-0.25, -0.2) is 9.78 Å². The number of hydrogen-bond acceptors (Lipinski definition) is 5. The number of piperidine rings is 1. The first kappa shape index (κ1) is 21.0. The largest absolute Gasteiger partial charge is 0.444 e. The fourth-order valence-electron chi connectivity index (χ4n) is 3.55. The number of likely N-dealkylation sites (tertiary alicyclic amines) is 1. The molecular weight excluding hydrogens is 370 g/mol. The maximum absolute atomic E-state index is 12.7. The molecule has 3 rings (SSSR count). The van der Waals surface area contributed by atoms with Crippen molar-refractivity contribution in [3.63, 3.8) is 0 Å². The van der Waals surface area contributed by atoms with E-state index in [0.29, 0.717) is 31.6 Å². The van der Waals surface area contributed by atoms with E-state index >= 15 is 0 Å². The van der Waals surface area contributed by atoms with Crippen LogP contribution in [-0.2, 0) is 4.74 Å². The second-order valence-corrected chi connectivity index (χ2v) is 8.63. The van der Waals surface area contributed by atoms with Crippen molar-refractivity contribution in [2.75, 3.05) is 13.1 Å². The summed E-state index contributed by atoms with van der Waals surface area (Å²) in [5, 5.41) is 11.2. The van der Waals surface area contributed by atoms with Crippen LogP contribution in [0, 0.1) is 0 Å². The van der Waals surface area contributed by atoms with E-state index < -0.39 is 17.2 Å². The first-order valence-electron chi connectivity index (χ1n) is 9.93. The summed E-state index contributed by atoms with van der Waals surface area (Å²) in [6.45, 7) is 8.04. The second kappa shape index (κ2) is 7.99. The summed E-state index contributed by atoms with van der Waals surface area (Å²) in [6, 6.07) is 10.5. The Labute approximate surface area is 171 Å². The standard InChI is InChI=1S/C22H29N3O4/c1-16(22(28)10-12-24(13-11-22)20(27)29-21(2,3)4)25-15-23-18(14-19(25)26)17-8-6-5-7-9-17/h5-9,14-16,28H,10-13H2,1-4H3. The van der Waals surface area contributed by atoms with E-state index in [4.69, 9.17) is 4.74 Å². The molecule has 0 radical (unpaired) electrons. The van der Waals surface area contributed by atoms with Gasteiger partial charge in [0, 0.05) is 24.7 Å². The van der Waals surface area contributed by atoms with E-state index in [1.165, 1.54) is 17.0 Å². The molecule has 0 spiro atoms. The zero-order valence-corrected chi connectivity index (χ0v) is 17.5. The van der Waals surface area contributed by atoms with Crippen LogP contribution in [-0.4, -0.2) is 49.9 Å². The predicted molar refractivity (Wildman–Crippen MR) is 111 cm³/mol. The van der Waals surface area contributed by atoms with Crippen molar-refractivity contribution in [3.8, 4) is 11.3 Å². The van der Waals surface area contributed by atoms with Crippen LogP contribution >= 0.6 is 0 Å². The van der Waals surface area contributed by atoms with E-state index in [2.05, 4.69) is 4.98 Å². The van der Waals surface area contributed by atoms with Gasteiger partial charge in [0.15, 0.2) is 0 Å². The summed E-state index contributed by atoms with van der Waals surface area (Å²) in [5.41, 5.74) is -0.399. The summed E-state index contributed by atoms with van der Waals surface area (Å²) in [6.07, 6.45) is 1.84. The van der Waals surface area contributed by atoms with Gasteiger partial charge in [0.2, 0.25) is 0 Å². The van der Waals surface area contributed by atoms with Crippen molar-refractivity contribution in [1.29, 1.82) is 0 Å². The summed E-state index contributed by atoms with van der Waals surface area (Å²) in [4.78, 5) is 31.0. The van der Waals surface area contributed by atoms with E-state index in [-0.39, 0.29) is 11.7 Å². The lowest BCUT2D eigenvalue weighted by atomic mass is 9.85. The Hall–Kier alpha value is -2.67. The zero-order valence-electron chi connectivity index (χ0n) is 17.5. The Morgan fingerprint density at radius 2 is 1.83 bits per heavy atom. The Kier molecular flexibility index (Phi) is 5.80. The molecule has 1 aromatic heterocycles. The van der Waals surface area contributed by atoms with Crippen molar-refractivity contribution < 1.29 is 14.6 Å². The van der Waals surface area contributed by atoms with Gasteiger partial charge in [-0.3, -0.25) is 9.36 Å². The molecule has 1 fully saturated rings. The fraction of sp³-hybridized carbons (Fsp3) is 0.500. The molecule has 0 saturated carbocycles. The molecule has 1 unspecified atom stereocenters. The summed E-state index contributed by atoms with van der Waals surface area (Å²) >= 11 is 0. The lowest BCUT2D eigenvalue weighted by Crippen LogP contribution is -2.52. The Morgan fingerprint density at radius 3 is 2.38 bits per heavy atom. The highest BCUT2D eigenvalue weighted by molar-refractivity contribution is 5.68. The van der Waals surface area contributed by atoms with Crippen LogP contribution in [0.15, 0.2) is 47.5 Å². The molecule has 1 amide bonds. The molecule has 2 aromatic rings. The highest BCUT2D eigenvalue weighted by Crippen LogP contribution is 2.33. The Bertz CT molecular complexity index is 910. The molecule has 7 nitrogen and oxygen atoms in total. The Balaban J connectivity index is 1.71. The lowest BCUT2D eigenvalue weighted by molar-refractivity contribution is -0.0608. The number of benzene rings is 1. The highest BCUT2D eigenvalue weighted by Gasteiger charge is 2.40. The van der Waals surface area contributed by atoms with E-state index in [1.807, 2.05) is 58.0 Å². The number of aliphatic hydroxyl groups is 1. The minimum Gasteiger partial charge on any atom is -0.444 e. The molecule has 1 aromatic carbocycles. The molecule has 156 valence electrons. The van der Waals surface area contributed by atoms with Crippen LogP contribution in [0.3, 0.4) is 0 Å². The van der Waals surface area contributed by atoms with Crippen LogP contribution in [0.2, 0.25) is 0 Å². The predicted octanol–water partition coefficient (Wildman–Crippen LogP) is 3.23. The third-order valence-electron chi connectivity index (χ3n) is 5.38. The third kappa shape index (κ3) is 4.85. The molecule has 1 atom stereocenters. The van der Waals surface area contributed by atoms with Gasteiger partial charge in [-0.2, -0.15) is 0 Å². The van der Waals surface area contributed by atoms with Crippen molar-refractivity contribution >= 4 is 6.09 Å². The number of hydrogen-bond donors (Lipinski definition) is 1. The van der Waals surface area contributed by atoms with Crippen molar-refractivity contribution in [2.24, 2.45) is 0 Å². The molecular formula is C22H29N3O4. The monoisotopic (exact) mass is 399 g/mol. The average molecular weight is 399 g/mol. The van der Waals surface area contributed by atoms with Crippen LogP contribution < -0.4 is 5.56 Å². The topological polar surface area (TPSA) is 84.7 Å². The smallest absolute Gasteiger partial charge is 0.410 e. The molecule has 1 aliphatic rings. The van der Waals surface area contributed by atoms with Gasteiger partial charge in [-0.05, 0) is 40.5 Å². The van der Waals surface area contributed by atoms with Crippen LogP contribution in [0.4, 0.5) is 4.79 Å². The van der Waals surface area contributed by atoms with E-state index in [1.54, 1.807) is 4.90 Å². The minimum atomic E-state index is -1.10. The van der Waals surface area contributed by atoms with Crippen molar-refractivity contribution in [2.45, 2.75) is 57.8 Å². The maximum Gasteiger partial charge on any atom is 0.410 e. The number of ether oxygens (including phenoxy) is 1. The molecule has 0 aliphatic carbocycles. The molecule has 1 N–H and O–H groups in total. The molecule has 1 aliphatic heterocycles.